The van der Waals surface area contributed by atoms with Gasteiger partial charge in [0.25, 0.3) is 0 Å². The third-order valence-corrected chi connectivity index (χ3v) is 2.87. The van der Waals surface area contributed by atoms with Crippen LogP contribution in [0, 0.1) is 5.92 Å². The summed E-state index contributed by atoms with van der Waals surface area (Å²) < 4.78 is 1.01. The molecule has 96 valence electrons. The van der Waals surface area contributed by atoms with Crippen LogP contribution < -0.4 is 11.1 Å². The predicted octanol–water partition coefficient (Wildman–Crippen LogP) is 2.47. The van der Waals surface area contributed by atoms with Crippen molar-refractivity contribution >= 4 is 34.2 Å². The predicted molar refractivity (Wildman–Crippen MR) is 76.1 cm³/mol. The molecule has 17 heavy (non-hydrogen) atoms. The second-order valence-corrected chi connectivity index (χ2v) is 5.03. The number of rotatable bonds is 4. The topological polar surface area (TPSA) is 55.1 Å². The molecule has 0 spiro atoms. The minimum atomic E-state index is -0.438. The van der Waals surface area contributed by atoms with Crippen LogP contribution in [0.4, 0.5) is 0 Å². The zero-order valence-electron chi connectivity index (χ0n) is 9.94. The van der Waals surface area contributed by atoms with Crippen molar-refractivity contribution in [2.24, 2.45) is 11.7 Å². The van der Waals surface area contributed by atoms with Crippen molar-refractivity contribution in [3.05, 3.63) is 34.3 Å². The standard InChI is InChI=1S/C12H17BrN2O.ClH/c1-8(2)11(14)12(16)15-7-9-4-3-5-10(13)6-9;/h3-6,8,11H,7,14H2,1-2H3,(H,15,16);1H/t11-;/m1./s1. The van der Waals surface area contributed by atoms with E-state index >= 15 is 0 Å². The molecule has 1 atom stereocenters. The first-order valence-corrected chi connectivity index (χ1v) is 6.07. The van der Waals surface area contributed by atoms with Crippen LogP contribution in [0.3, 0.4) is 0 Å². The van der Waals surface area contributed by atoms with Crippen LogP contribution >= 0.6 is 28.3 Å². The van der Waals surface area contributed by atoms with Crippen molar-refractivity contribution < 1.29 is 4.79 Å². The molecule has 0 aliphatic heterocycles. The molecule has 1 aromatic carbocycles. The molecule has 0 heterocycles. The SMILES string of the molecule is CC(C)[C@@H](N)C(=O)NCc1cccc(Br)c1.Cl. The Labute approximate surface area is 117 Å². The monoisotopic (exact) mass is 320 g/mol. The molecule has 0 saturated carbocycles. The zero-order valence-corrected chi connectivity index (χ0v) is 12.3. The molecular formula is C12H18BrClN2O. The highest BCUT2D eigenvalue weighted by Crippen LogP contribution is 2.11. The van der Waals surface area contributed by atoms with Crippen molar-refractivity contribution in [2.75, 3.05) is 0 Å². The van der Waals surface area contributed by atoms with Gasteiger partial charge in [0.1, 0.15) is 0 Å². The molecule has 0 aromatic heterocycles. The number of halogens is 2. The summed E-state index contributed by atoms with van der Waals surface area (Å²) in [7, 11) is 0. The van der Waals surface area contributed by atoms with Gasteiger partial charge in [-0.2, -0.15) is 0 Å². The molecule has 5 heteroatoms. The quantitative estimate of drug-likeness (QED) is 0.895. The average molecular weight is 322 g/mol. The fraction of sp³-hybridized carbons (Fsp3) is 0.417. The number of hydrogen-bond acceptors (Lipinski definition) is 2. The van der Waals surface area contributed by atoms with Crippen LogP contribution in [0.25, 0.3) is 0 Å². The lowest BCUT2D eigenvalue weighted by molar-refractivity contribution is -0.123. The lowest BCUT2D eigenvalue weighted by Crippen LogP contribution is -2.43. The van der Waals surface area contributed by atoms with E-state index in [2.05, 4.69) is 21.2 Å². The van der Waals surface area contributed by atoms with Gasteiger partial charge in [0.05, 0.1) is 6.04 Å². The van der Waals surface area contributed by atoms with Crippen molar-refractivity contribution in [2.45, 2.75) is 26.4 Å². The van der Waals surface area contributed by atoms with Gasteiger partial charge in [0.2, 0.25) is 5.91 Å². The molecule has 0 unspecified atom stereocenters. The van der Waals surface area contributed by atoms with E-state index in [4.69, 9.17) is 5.73 Å². The van der Waals surface area contributed by atoms with E-state index in [0.29, 0.717) is 6.54 Å². The van der Waals surface area contributed by atoms with Crippen LogP contribution in [0.5, 0.6) is 0 Å². The van der Waals surface area contributed by atoms with Crippen LogP contribution in [0.1, 0.15) is 19.4 Å². The summed E-state index contributed by atoms with van der Waals surface area (Å²) in [5, 5.41) is 2.82. The average Bonchev–Trinajstić information content (AvgIpc) is 2.24. The highest BCUT2D eigenvalue weighted by atomic mass is 79.9. The smallest absolute Gasteiger partial charge is 0.237 e. The van der Waals surface area contributed by atoms with Crippen molar-refractivity contribution in [1.82, 2.24) is 5.32 Å². The second kappa shape index (κ2) is 7.69. The third kappa shape index (κ3) is 5.52. The summed E-state index contributed by atoms with van der Waals surface area (Å²) in [6.45, 7) is 4.38. The number of hydrogen-bond donors (Lipinski definition) is 2. The molecule has 0 bridgehead atoms. The Balaban J connectivity index is 0.00000256. The first kappa shape index (κ1) is 16.4. The van der Waals surface area contributed by atoms with Crippen LogP contribution in [0.15, 0.2) is 28.7 Å². The molecule has 1 amide bonds. The molecule has 0 radical (unpaired) electrons. The summed E-state index contributed by atoms with van der Waals surface area (Å²) in [4.78, 5) is 11.6. The molecule has 0 aliphatic carbocycles. The molecule has 3 N–H and O–H groups in total. The molecule has 0 aliphatic rings. The molecule has 0 fully saturated rings. The summed E-state index contributed by atoms with van der Waals surface area (Å²) in [5.74, 6) is 0.0532. The maximum absolute atomic E-state index is 11.6. The maximum atomic E-state index is 11.6. The fourth-order valence-electron chi connectivity index (χ4n) is 1.26. The Morgan fingerprint density at radius 3 is 2.65 bits per heavy atom. The van der Waals surface area contributed by atoms with E-state index in [1.54, 1.807) is 0 Å². The Kier molecular flexibility index (Phi) is 7.43. The first-order chi connectivity index (χ1) is 7.50. The molecule has 3 nitrogen and oxygen atoms in total. The molecule has 1 rings (SSSR count). The number of amides is 1. The van der Waals surface area contributed by atoms with Gasteiger partial charge in [-0.05, 0) is 23.6 Å². The van der Waals surface area contributed by atoms with E-state index in [1.807, 2.05) is 38.1 Å². The minimum absolute atomic E-state index is 0. The van der Waals surface area contributed by atoms with Crippen molar-refractivity contribution in [3.8, 4) is 0 Å². The number of carbonyl (C=O) groups excluding carboxylic acids is 1. The highest BCUT2D eigenvalue weighted by molar-refractivity contribution is 9.10. The summed E-state index contributed by atoms with van der Waals surface area (Å²) >= 11 is 3.38. The van der Waals surface area contributed by atoms with Gasteiger partial charge in [-0.15, -0.1) is 12.4 Å². The van der Waals surface area contributed by atoms with Crippen molar-refractivity contribution in [3.63, 3.8) is 0 Å². The van der Waals surface area contributed by atoms with Crippen molar-refractivity contribution in [1.29, 1.82) is 0 Å². The zero-order chi connectivity index (χ0) is 12.1. The van der Waals surface area contributed by atoms with E-state index in [1.165, 1.54) is 0 Å². The van der Waals surface area contributed by atoms with Crippen LogP contribution in [-0.4, -0.2) is 11.9 Å². The van der Waals surface area contributed by atoms with Gasteiger partial charge < -0.3 is 11.1 Å². The van der Waals surface area contributed by atoms with E-state index in [9.17, 15) is 4.79 Å². The van der Waals surface area contributed by atoms with Crippen LogP contribution in [-0.2, 0) is 11.3 Å². The van der Waals surface area contributed by atoms with E-state index < -0.39 is 6.04 Å². The third-order valence-electron chi connectivity index (χ3n) is 2.38. The summed E-state index contributed by atoms with van der Waals surface area (Å²) in [5.41, 5.74) is 6.79. The molecule has 0 saturated heterocycles. The summed E-state index contributed by atoms with van der Waals surface area (Å²) in [6.07, 6.45) is 0. The van der Waals surface area contributed by atoms with Gasteiger partial charge in [0.15, 0.2) is 0 Å². The van der Waals surface area contributed by atoms with E-state index in [-0.39, 0.29) is 24.2 Å². The Morgan fingerprint density at radius 2 is 2.12 bits per heavy atom. The highest BCUT2D eigenvalue weighted by Gasteiger charge is 2.16. The number of carbonyl (C=O) groups is 1. The Bertz CT molecular complexity index is 371. The van der Waals surface area contributed by atoms with Gasteiger partial charge in [-0.25, -0.2) is 0 Å². The van der Waals surface area contributed by atoms with E-state index in [0.717, 1.165) is 10.0 Å². The fourth-order valence-corrected chi connectivity index (χ4v) is 1.70. The van der Waals surface area contributed by atoms with Gasteiger partial charge >= 0.3 is 0 Å². The number of benzene rings is 1. The maximum Gasteiger partial charge on any atom is 0.237 e. The lowest BCUT2D eigenvalue weighted by atomic mass is 10.0. The minimum Gasteiger partial charge on any atom is -0.351 e. The van der Waals surface area contributed by atoms with Gasteiger partial charge in [-0.3, -0.25) is 4.79 Å². The van der Waals surface area contributed by atoms with Gasteiger partial charge in [-0.1, -0.05) is 41.9 Å². The first-order valence-electron chi connectivity index (χ1n) is 5.28. The Hall–Kier alpha value is -0.580. The number of nitrogens with one attached hydrogen (secondary N) is 1. The summed E-state index contributed by atoms with van der Waals surface area (Å²) in [6, 6.07) is 7.39. The Morgan fingerprint density at radius 1 is 1.47 bits per heavy atom. The molecular weight excluding hydrogens is 304 g/mol. The van der Waals surface area contributed by atoms with Crippen LogP contribution in [0.2, 0.25) is 0 Å². The largest absolute Gasteiger partial charge is 0.351 e. The molecule has 1 aromatic rings. The normalized spacial score (nSPS) is 11.8. The second-order valence-electron chi connectivity index (χ2n) is 4.12. The van der Waals surface area contributed by atoms with Gasteiger partial charge in [0, 0.05) is 11.0 Å². The number of nitrogens with two attached hydrogens (primary N) is 1. The lowest BCUT2D eigenvalue weighted by Gasteiger charge is -2.15.